The standard InChI is InChI=1S/C17H29N5O/c1-19-7-4-8-21(12-11-19)14-16(23)22-9-3-5-15(13-22)17-18-6-10-20(17)2/h6,10,15H,3-5,7-9,11-14H2,1-2H3. The maximum absolute atomic E-state index is 12.7. The molecule has 2 saturated heterocycles. The first kappa shape index (κ1) is 16.5. The number of likely N-dealkylation sites (tertiary alicyclic amines) is 1. The molecule has 0 spiro atoms. The van der Waals surface area contributed by atoms with Crippen LogP contribution in [0.2, 0.25) is 0 Å². The quantitative estimate of drug-likeness (QED) is 0.825. The highest BCUT2D eigenvalue weighted by molar-refractivity contribution is 5.78. The lowest BCUT2D eigenvalue weighted by molar-refractivity contribution is -0.133. The number of carbonyl (C=O) groups is 1. The van der Waals surface area contributed by atoms with Crippen LogP contribution in [0.25, 0.3) is 0 Å². The third-order valence-electron chi connectivity index (χ3n) is 5.17. The van der Waals surface area contributed by atoms with Crippen LogP contribution in [-0.2, 0) is 11.8 Å². The minimum atomic E-state index is 0.286. The number of aromatic nitrogens is 2. The van der Waals surface area contributed by atoms with E-state index in [0.717, 1.165) is 64.4 Å². The molecule has 0 aliphatic carbocycles. The van der Waals surface area contributed by atoms with Gasteiger partial charge in [-0.1, -0.05) is 0 Å². The molecule has 3 rings (SSSR count). The number of rotatable bonds is 3. The molecule has 1 atom stereocenters. The summed E-state index contributed by atoms with van der Waals surface area (Å²) in [6.07, 6.45) is 7.20. The fraction of sp³-hybridized carbons (Fsp3) is 0.765. The summed E-state index contributed by atoms with van der Waals surface area (Å²) < 4.78 is 2.09. The molecule has 2 aliphatic rings. The van der Waals surface area contributed by atoms with E-state index in [1.807, 2.05) is 19.4 Å². The number of carbonyl (C=O) groups excluding carboxylic acids is 1. The Labute approximate surface area is 139 Å². The Morgan fingerprint density at radius 1 is 1.17 bits per heavy atom. The lowest BCUT2D eigenvalue weighted by atomic mass is 9.97. The highest BCUT2D eigenvalue weighted by Gasteiger charge is 2.28. The van der Waals surface area contributed by atoms with Gasteiger partial charge in [-0.3, -0.25) is 9.69 Å². The van der Waals surface area contributed by atoms with Crippen LogP contribution in [0.15, 0.2) is 12.4 Å². The first-order valence-corrected chi connectivity index (χ1v) is 8.79. The normalized spacial score (nSPS) is 24.6. The van der Waals surface area contributed by atoms with Gasteiger partial charge in [0.2, 0.25) is 5.91 Å². The highest BCUT2D eigenvalue weighted by atomic mass is 16.2. The minimum Gasteiger partial charge on any atom is -0.341 e. The Hall–Kier alpha value is -1.40. The molecule has 1 unspecified atom stereocenters. The van der Waals surface area contributed by atoms with E-state index in [-0.39, 0.29) is 5.91 Å². The summed E-state index contributed by atoms with van der Waals surface area (Å²) in [4.78, 5) is 23.9. The Morgan fingerprint density at radius 2 is 2.04 bits per heavy atom. The number of hydrogen-bond donors (Lipinski definition) is 0. The van der Waals surface area contributed by atoms with Gasteiger partial charge in [0.1, 0.15) is 5.82 Å². The van der Waals surface area contributed by atoms with Gasteiger partial charge in [0, 0.05) is 51.5 Å². The summed E-state index contributed by atoms with van der Waals surface area (Å²) in [7, 11) is 4.20. The van der Waals surface area contributed by atoms with E-state index in [1.165, 1.54) is 0 Å². The van der Waals surface area contributed by atoms with Gasteiger partial charge in [-0.15, -0.1) is 0 Å². The molecule has 2 aliphatic heterocycles. The van der Waals surface area contributed by atoms with Crippen molar-refractivity contribution in [2.24, 2.45) is 7.05 Å². The van der Waals surface area contributed by atoms with Crippen molar-refractivity contribution in [2.75, 3.05) is 52.9 Å². The van der Waals surface area contributed by atoms with E-state index < -0.39 is 0 Å². The third-order valence-corrected chi connectivity index (χ3v) is 5.17. The van der Waals surface area contributed by atoms with E-state index in [0.29, 0.717) is 12.5 Å². The summed E-state index contributed by atoms with van der Waals surface area (Å²) in [5.41, 5.74) is 0. The van der Waals surface area contributed by atoms with Gasteiger partial charge in [-0.25, -0.2) is 4.98 Å². The average Bonchev–Trinajstić information content (AvgIpc) is 2.88. The van der Waals surface area contributed by atoms with Crippen molar-refractivity contribution >= 4 is 5.91 Å². The molecule has 1 aromatic rings. The van der Waals surface area contributed by atoms with Crippen molar-refractivity contribution in [3.63, 3.8) is 0 Å². The lowest BCUT2D eigenvalue weighted by Gasteiger charge is -2.34. The average molecular weight is 319 g/mol. The molecule has 1 aromatic heterocycles. The molecule has 0 N–H and O–H groups in total. The van der Waals surface area contributed by atoms with Crippen molar-refractivity contribution in [2.45, 2.75) is 25.2 Å². The molecule has 0 bridgehead atoms. The fourth-order valence-corrected chi connectivity index (χ4v) is 3.73. The SMILES string of the molecule is CN1CCCN(CC(=O)N2CCCC(c3nccn3C)C2)CC1. The largest absolute Gasteiger partial charge is 0.341 e. The maximum Gasteiger partial charge on any atom is 0.236 e. The van der Waals surface area contributed by atoms with Gasteiger partial charge >= 0.3 is 0 Å². The van der Waals surface area contributed by atoms with Crippen LogP contribution in [0.3, 0.4) is 0 Å². The van der Waals surface area contributed by atoms with E-state index in [2.05, 4.69) is 31.3 Å². The van der Waals surface area contributed by atoms with Crippen LogP contribution < -0.4 is 0 Å². The van der Waals surface area contributed by atoms with Crippen LogP contribution in [-0.4, -0.2) is 83.0 Å². The molecule has 1 amide bonds. The zero-order chi connectivity index (χ0) is 16.2. The summed E-state index contributed by atoms with van der Waals surface area (Å²) >= 11 is 0. The van der Waals surface area contributed by atoms with E-state index >= 15 is 0 Å². The molecule has 6 heteroatoms. The minimum absolute atomic E-state index is 0.286. The van der Waals surface area contributed by atoms with Crippen molar-refractivity contribution in [3.05, 3.63) is 18.2 Å². The number of imidazole rings is 1. The lowest BCUT2D eigenvalue weighted by Crippen LogP contribution is -2.45. The van der Waals surface area contributed by atoms with E-state index in [9.17, 15) is 4.79 Å². The van der Waals surface area contributed by atoms with E-state index in [4.69, 9.17) is 0 Å². The second kappa shape index (κ2) is 7.45. The van der Waals surface area contributed by atoms with Gasteiger partial charge in [-0.2, -0.15) is 0 Å². The first-order valence-electron chi connectivity index (χ1n) is 8.79. The molecule has 2 fully saturated rings. The Balaban J connectivity index is 1.55. The number of hydrogen-bond acceptors (Lipinski definition) is 4. The predicted molar refractivity (Wildman–Crippen MR) is 90.3 cm³/mol. The zero-order valence-electron chi connectivity index (χ0n) is 14.4. The summed E-state index contributed by atoms with van der Waals surface area (Å²) in [5.74, 6) is 1.77. The monoisotopic (exact) mass is 319 g/mol. The van der Waals surface area contributed by atoms with Crippen LogP contribution in [0.4, 0.5) is 0 Å². The number of amides is 1. The maximum atomic E-state index is 12.7. The molecular weight excluding hydrogens is 290 g/mol. The molecule has 23 heavy (non-hydrogen) atoms. The van der Waals surface area contributed by atoms with Gasteiger partial charge in [-0.05, 0) is 39.4 Å². The van der Waals surface area contributed by atoms with Gasteiger partial charge in [0.05, 0.1) is 6.54 Å². The summed E-state index contributed by atoms with van der Waals surface area (Å²) in [6.45, 7) is 6.51. The molecular formula is C17H29N5O. The Kier molecular flexibility index (Phi) is 5.33. The van der Waals surface area contributed by atoms with Gasteiger partial charge in [0.15, 0.2) is 0 Å². The van der Waals surface area contributed by atoms with Crippen LogP contribution in [0.1, 0.15) is 31.0 Å². The predicted octanol–water partition coefficient (Wildman–Crippen LogP) is 0.764. The molecule has 0 saturated carbocycles. The Bertz CT molecular complexity index is 529. The fourth-order valence-electron chi connectivity index (χ4n) is 3.73. The first-order chi connectivity index (χ1) is 11.1. The molecule has 3 heterocycles. The van der Waals surface area contributed by atoms with Crippen LogP contribution in [0.5, 0.6) is 0 Å². The number of piperidine rings is 1. The van der Waals surface area contributed by atoms with Crippen molar-refractivity contribution in [3.8, 4) is 0 Å². The van der Waals surface area contributed by atoms with Gasteiger partial charge < -0.3 is 14.4 Å². The number of nitrogens with zero attached hydrogens (tertiary/aromatic N) is 5. The smallest absolute Gasteiger partial charge is 0.236 e. The second-order valence-corrected chi connectivity index (χ2v) is 7.01. The summed E-state index contributed by atoms with van der Waals surface area (Å²) in [5, 5.41) is 0. The van der Waals surface area contributed by atoms with Crippen molar-refractivity contribution < 1.29 is 4.79 Å². The van der Waals surface area contributed by atoms with Crippen LogP contribution in [0, 0.1) is 0 Å². The molecule has 6 nitrogen and oxygen atoms in total. The highest BCUT2D eigenvalue weighted by Crippen LogP contribution is 2.25. The molecule has 0 aromatic carbocycles. The number of likely N-dealkylation sites (N-methyl/N-ethyl adjacent to an activating group) is 1. The molecule has 128 valence electrons. The van der Waals surface area contributed by atoms with E-state index in [1.54, 1.807) is 0 Å². The van der Waals surface area contributed by atoms with Crippen molar-refractivity contribution in [1.82, 2.24) is 24.3 Å². The van der Waals surface area contributed by atoms with Crippen LogP contribution >= 0.6 is 0 Å². The van der Waals surface area contributed by atoms with Gasteiger partial charge in [0.25, 0.3) is 0 Å². The Morgan fingerprint density at radius 3 is 2.83 bits per heavy atom. The zero-order valence-corrected chi connectivity index (χ0v) is 14.4. The van der Waals surface area contributed by atoms with Crippen molar-refractivity contribution in [1.29, 1.82) is 0 Å². The number of aryl methyl sites for hydroxylation is 1. The third kappa shape index (κ3) is 4.12. The molecule has 0 radical (unpaired) electrons. The second-order valence-electron chi connectivity index (χ2n) is 7.01. The summed E-state index contributed by atoms with van der Waals surface area (Å²) in [6, 6.07) is 0. The topological polar surface area (TPSA) is 44.6 Å².